The molecule has 5 heteroatoms. The Morgan fingerprint density at radius 1 is 1.75 bits per heavy atom. The van der Waals surface area contributed by atoms with Gasteiger partial charge in [0.25, 0.3) is 0 Å². The highest BCUT2D eigenvalue weighted by molar-refractivity contribution is 7.10. The number of nitrogens with one attached hydrogen (secondary N) is 1. The van der Waals surface area contributed by atoms with Gasteiger partial charge in [-0.1, -0.05) is 6.58 Å². The van der Waals surface area contributed by atoms with E-state index in [2.05, 4.69) is 30.1 Å². The molecule has 1 aromatic heterocycles. The molecule has 0 saturated heterocycles. The van der Waals surface area contributed by atoms with Gasteiger partial charge in [-0.2, -0.15) is 0 Å². The molecule has 0 fully saturated rings. The van der Waals surface area contributed by atoms with E-state index in [1.165, 1.54) is 0 Å². The Bertz CT molecular complexity index is 248. The third-order valence-electron chi connectivity index (χ3n) is 1.11. The molecule has 0 aliphatic carbocycles. The molecule has 0 aromatic carbocycles. The average Bonchev–Trinajstić information content (AvgIpc) is 2.51. The van der Waals surface area contributed by atoms with Gasteiger partial charge < -0.3 is 4.53 Å². The number of hydrogen-bond acceptors (Lipinski definition) is 4. The van der Waals surface area contributed by atoms with Crippen LogP contribution in [0.25, 0.3) is 5.70 Å². The molecule has 0 unspecified atom stereocenters. The Kier molecular flexibility index (Phi) is 3.45. The van der Waals surface area contributed by atoms with Crippen molar-refractivity contribution in [1.29, 1.82) is 0 Å². The summed E-state index contributed by atoms with van der Waals surface area (Å²) in [5, 5.41) is 2.79. The van der Waals surface area contributed by atoms with E-state index in [9.17, 15) is 0 Å². The van der Waals surface area contributed by atoms with E-state index in [1.54, 1.807) is 17.5 Å². The van der Waals surface area contributed by atoms with Gasteiger partial charge in [-0.3, -0.25) is 5.48 Å². The van der Waals surface area contributed by atoms with Crippen molar-refractivity contribution < 1.29 is 4.53 Å². The fraction of sp³-hybridized carbons (Fsp3) is 0.286. The fourth-order valence-electron chi connectivity index (χ4n) is 0.605. The highest BCUT2D eigenvalue weighted by Gasteiger charge is 2.01. The lowest BCUT2D eigenvalue weighted by Gasteiger charge is -2.09. The van der Waals surface area contributed by atoms with E-state index in [1.807, 2.05) is 5.38 Å². The number of hydrogen-bond donors (Lipinski definition) is 1. The number of rotatable bonds is 4. The maximum Gasteiger partial charge on any atom is 0.208 e. The number of hydroxylamine groups is 1. The number of nitrogens with zero attached hydrogens (tertiary/aromatic N) is 1. The minimum atomic E-state index is -1.03. The topological polar surface area (TPSA) is 34.1 Å². The molecule has 66 valence electrons. The van der Waals surface area contributed by atoms with Crippen LogP contribution in [0, 0.1) is 0 Å². The van der Waals surface area contributed by atoms with Crippen molar-refractivity contribution in [1.82, 2.24) is 10.5 Å². The summed E-state index contributed by atoms with van der Waals surface area (Å²) in [6, 6.07) is 0. The van der Waals surface area contributed by atoms with Crippen LogP contribution in [-0.2, 0) is 4.53 Å². The first-order valence-electron chi connectivity index (χ1n) is 3.70. The molecule has 0 bridgehead atoms. The Balaban J connectivity index is 2.40. The zero-order chi connectivity index (χ0) is 8.97. The second-order valence-electron chi connectivity index (χ2n) is 2.58. The van der Waals surface area contributed by atoms with Crippen LogP contribution < -0.4 is 5.48 Å². The molecule has 1 rings (SSSR count). The Labute approximate surface area is 77.8 Å². The third-order valence-corrected chi connectivity index (χ3v) is 2.53. The Hall–Kier alpha value is -0.653. The highest BCUT2D eigenvalue weighted by atomic mass is 32.1. The van der Waals surface area contributed by atoms with Crippen LogP contribution in [-0.4, -0.2) is 14.0 Å². The predicted molar refractivity (Wildman–Crippen MR) is 54.2 cm³/mol. The number of aromatic nitrogens is 1. The first-order valence-corrected chi connectivity index (χ1v) is 7.36. The second kappa shape index (κ2) is 4.39. The van der Waals surface area contributed by atoms with Gasteiger partial charge in [0.05, 0.1) is 5.70 Å². The second-order valence-corrected chi connectivity index (χ2v) is 5.81. The molecule has 3 nitrogen and oxygen atoms in total. The standard InChI is InChI=1S/C7H12N2OSSi/c1-6(9-10-12(2)3)7-8-4-5-11-7/h4-5,9,12H,1H2,2-3H3. The smallest absolute Gasteiger partial charge is 0.208 e. The lowest BCUT2D eigenvalue weighted by atomic mass is 10.5. The highest BCUT2D eigenvalue weighted by Crippen LogP contribution is 2.11. The predicted octanol–water partition coefficient (Wildman–Crippen LogP) is 1.62. The zero-order valence-electron chi connectivity index (χ0n) is 7.20. The zero-order valence-corrected chi connectivity index (χ0v) is 9.17. The molecule has 0 atom stereocenters. The van der Waals surface area contributed by atoms with Gasteiger partial charge in [-0.15, -0.1) is 11.3 Å². The van der Waals surface area contributed by atoms with Crippen molar-refractivity contribution in [3.05, 3.63) is 23.2 Å². The van der Waals surface area contributed by atoms with Crippen molar-refractivity contribution in [3.63, 3.8) is 0 Å². The van der Waals surface area contributed by atoms with Crippen LogP contribution in [0.5, 0.6) is 0 Å². The summed E-state index contributed by atoms with van der Waals surface area (Å²) in [6.45, 7) is 7.97. The lowest BCUT2D eigenvalue weighted by Crippen LogP contribution is -2.20. The van der Waals surface area contributed by atoms with Crippen molar-refractivity contribution in [2.75, 3.05) is 0 Å². The molecule has 0 aliphatic heterocycles. The normalized spacial score (nSPS) is 10.2. The van der Waals surface area contributed by atoms with Crippen LogP contribution in [0.4, 0.5) is 0 Å². The van der Waals surface area contributed by atoms with Crippen LogP contribution >= 0.6 is 11.3 Å². The van der Waals surface area contributed by atoms with Gasteiger partial charge in [-0.25, -0.2) is 4.98 Å². The van der Waals surface area contributed by atoms with Gasteiger partial charge in [0.2, 0.25) is 9.04 Å². The fourth-order valence-corrected chi connectivity index (χ4v) is 1.54. The summed E-state index contributed by atoms with van der Waals surface area (Å²) in [6.07, 6.45) is 1.75. The van der Waals surface area contributed by atoms with Crippen molar-refractivity contribution >= 4 is 26.1 Å². The molecular formula is C7H12N2OSSi. The summed E-state index contributed by atoms with van der Waals surface area (Å²) in [5.74, 6) is 0. The lowest BCUT2D eigenvalue weighted by molar-refractivity contribution is 0.259. The summed E-state index contributed by atoms with van der Waals surface area (Å²) in [4.78, 5) is 4.09. The van der Waals surface area contributed by atoms with Crippen LogP contribution in [0.3, 0.4) is 0 Å². The van der Waals surface area contributed by atoms with Gasteiger partial charge in [0.1, 0.15) is 5.01 Å². The van der Waals surface area contributed by atoms with E-state index in [-0.39, 0.29) is 0 Å². The van der Waals surface area contributed by atoms with Crippen molar-refractivity contribution in [2.24, 2.45) is 0 Å². The first-order chi connectivity index (χ1) is 5.70. The average molecular weight is 200 g/mol. The first kappa shape index (κ1) is 9.44. The van der Waals surface area contributed by atoms with Crippen LogP contribution in [0.15, 0.2) is 18.2 Å². The van der Waals surface area contributed by atoms with Crippen LogP contribution in [0.1, 0.15) is 5.01 Å². The summed E-state index contributed by atoms with van der Waals surface area (Å²) >= 11 is 1.54. The van der Waals surface area contributed by atoms with E-state index < -0.39 is 9.04 Å². The SMILES string of the molecule is C=C(NO[SiH](C)C)c1nccs1. The molecule has 1 N–H and O–H groups in total. The molecule has 0 saturated carbocycles. The molecular weight excluding hydrogens is 188 g/mol. The summed E-state index contributed by atoms with van der Waals surface area (Å²) in [7, 11) is -1.03. The maximum atomic E-state index is 5.28. The largest absolute Gasteiger partial charge is 0.326 e. The quantitative estimate of drug-likeness (QED) is 0.592. The van der Waals surface area contributed by atoms with Crippen molar-refractivity contribution in [3.8, 4) is 0 Å². The Morgan fingerprint density at radius 2 is 2.50 bits per heavy atom. The minimum absolute atomic E-state index is 0.742. The van der Waals surface area contributed by atoms with Gasteiger partial charge >= 0.3 is 0 Å². The molecule has 12 heavy (non-hydrogen) atoms. The number of thiazole rings is 1. The molecule has 0 aliphatic rings. The van der Waals surface area contributed by atoms with Crippen LogP contribution in [0.2, 0.25) is 13.1 Å². The minimum Gasteiger partial charge on any atom is -0.326 e. The van der Waals surface area contributed by atoms with E-state index in [0.717, 1.165) is 10.7 Å². The summed E-state index contributed by atoms with van der Waals surface area (Å²) in [5.41, 5.74) is 3.54. The Morgan fingerprint density at radius 3 is 3.00 bits per heavy atom. The summed E-state index contributed by atoms with van der Waals surface area (Å²) < 4.78 is 5.28. The third kappa shape index (κ3) is 2.76. The van der Waals surface area contributed by atoms with E-state index in [0.29, 0.717) is 0 Å². The van der Waals surface area contributed by atoms with E-state index >= 15 is 0 Å². The molecule has 1 aromatic rings. The van der Waals surface area contributed by atoms with E-state index in [4.69, 9.17) is 4.53 Å². The molecule has 0 radical (unpaired) electrons. The molecule has 0 spiro atoms. The van der Waals surface area contributed by atoms with Gasteiger partial charge in [0, 0.05) is 11.6 Å². The molecule has 0 amide bonds. The molecule has 1 heterocycles. The van der Waals surface area contributed by atoms with Gasteiger partial charge in [0.15, 0.2) is 0 Å². The van der Waals surface area contributed by atoms with Crippen molar-refractivity contribution in [2.45, 2.75) is 13.1 Å². The maximum absolute atomic E-state index is 5.28. The van der Waals surface area contributed by atoms with Gasteiger partial charge in [-0.05, 0) is 13.1 Å². The monoisotopic (exact) mass is 200 g/mol.